The summed E-state index contributed by atoms with van der Waals surface area (Å²) >= 11 is 0. The van der Waals surface area contributed by atoms with Gasteiger partial charge in [-0.05, 0) is 31.5 Å². The zero-order valence-electron chi connectivity index (χ0n) is 14.1. The molecule has 1 aromatic carbocycles. The highest BCUT2D eigenvalue weighted by molar-refractivity contribution is 7.55. The van der Waals surface area contributed by atoms with Gasteiger partial charge in [0.2, 0.25) is 11.8 Å². The second-order valence-electron chi connectivity index (χ2n) is 5.26. The normalized spacial score (nSPS) is 18.3. The predicted molar refractivity (Wildman–Crippen MR) is 87.8 cm³/mol. The van der Waals surface area contributed by atoms with Gasteiger partial charge < -0.3 is 13.8 Å². The monoisotopic (exact) mass is 355 g/mol. The Bertz CT molecular complexity index is 634. The third kappa shape index (κ3) is 3.86. The maximum atomic E-state index is 12.8. The Hall–Kier alpha value is -1.69. The fraction of sp³-hybridized carbons (Fsp3) is 0.500. The van der Waals surface area contributed by atoms with Gasteiger partial charge in [0.05, 0.1) is 33.3 Å². The number of carbonyl (C=O) groups excluding carboxylic acids is 2. The van der Waals surface area contributed by atoms with Gasteiger partial charge in [-0.15, -0.1) is 0 Å². The van der Waals surface area contributed by atoms with E-state index in [4.69, 9.17) is 13.8 Å². The van der Waals surface area contributed by atoms with Crippen LogP contribution < -0.4 is 4.74 Å². The topological polar surface area (TPSA) is 82.1 Å². The lowest BCUT2D eigenvalue weighted by Gasteiger charge is -2.21. The van der Waals surface area contributed by atoms with Crippen molar-refractivity contribution in [3.63, 3.8) is 0 Å². The van der Waals surface area contributed by atoms with Gasteiger partial charge in [-0.2, -0.15) is 0 Å². The number of amides is 2. The van der Waals surface area contributed by atoms with Gasteiger partial charge in [-0.1, -0.05) is 12.1 Å². The molecule has 1 aliphatic rings. The van der Waals surface area contributed by atoms with Crippen molar-refractivity contribution in [1.82, 2.24) is 4.90 Å². The summed E-state index contributed by atoms with van der Waals surface area (Å²) < 4.78 is 28.3. The Morgan fingerprint density at radius 3 is 2.21 bits per heavy atom. The number of likely N-dealkylation sites (tertiary alicyclic amines) is 1. The molecule has 24 heavy (non-hydrogen) atoms. The summed E-state index contributed by atoms with van der Waals surface area (Å²) in [5.41, 5.74) is -0.288. The third-order valence-electron chi connectivity index (χ3n) is 3.72. The Balaban J connectivity index is 2.16. The van der Waals surface area contributed by atoms with Crippen LogP contribution >= 0.6 is 7.60 Å². The van der Waals surface area contributed by atoms with Crippen molar-refractivity contribution in [3.05, 3.63) is 29.8 Å². The third-order valence-corrected chi connectivity index (χ3v) is 6.12. The fourth-order valence-corrected chi connectivity index (χ4v) is 4.51. The lowest BCUT2D eigenvalue weighted by atomic mass is 10.2. The Labute approximate surface area is 141 Å². The van der Waals surface area contributed by atoms with Crippen LogP contribution in [-0.4, -0.2) is 42.7 Å². The zero-order chi connectivity index (χ0) is 17.7. The lowest BCUT2D eigenvalue weighted by molar-refractivity contribution is -0.139. The number of benzene rings is 1. The summed E-state index contributed by atoms with van der Waals surface area (Å²) in [6, 6.07) is 7.06. The van der Waals surface area contributed by atoms with Gasteiger partial charge in [0.25, 0.3) is 0 Å². The van der Waals surface area contributed by atoms with E-state index in [1.165, 1.54) is 0 Å². The summed E-state index contributed by atoms with van der Waals surface area (Å²) in [7, 11) is -2.09. The predicted octanol–water partition coefficient (Wildman–Crippen LogP) is 2.59. The van der Waals surface area contributed by atoms with Crippen LogP contribution in [0.3, 0.4) is 0 Å². The maximum absolute atomic E-state index is 12.8. The van der Waals surface area contributed by atoms with Gasteiger partial charge in [0, 0.05) is 0 Å². The molecular weight excluding hydrogens is 333 g/mol. The Morgan fingerprint density at radius 2 is 1.71 bits per heavy atom. The average molecular weight is 355 g/mol. The number of nitrogens with zero attached hydrogens (tertiary/aromatic N) is 1. The lowest BCUT2D eigenvalue weighted by Crippen LogP contribution is -2.32. The molecule has 1 unspecified atom stereocenters. The number of hydrogen-bond donors (Lipinski definition) is 0. The van der Waals surface area contributed by atoms with Crippen LogP contribution in [0.1, 0.15) is 25.8 Å². The minimum atomic E-state index is -3.65. The number of rotatable bonds is 8. The highest BCUT2D eigenvalue weighted by Crippen LogP contribution is 2.56. The molecule has 1 saturated heterocycles. The molecule has 1 aromatic rings. The molecule has 0 saturated carbocycles. The smallest absolute Gasteiger partial charge is 0.343 e. The van der Waals surface area contributed by atoms with Crippen molar-refractivity contribution in [1.29, 1.82) is 0 Å². The molecule has 1 fully saturated rings. The zero-order valence-corrected chi connectivity index (χ0v) is 15.0. The molecule has 0 spiro atoms. The molecule has 1 atom stereocenters. The minimum Gasteiger partial charge on any atom is -0.497 e. The van der Waals surface area contributed by atoms with Gasteiger partial charge in [0.1, 0.15) is 11.4 Å². The Morgan fingerprint density at radius 1 is 1.12 bits per heavy atom. The highest BCUT2D eigenvalue weighted by atomic mass is 31.2. The molecule has 2 rings (SSSR count). The first-order chi connectivity index (χ1) is 11.4. The van der Waals surface area contributed by atoms with Crippen LogP contribution in [0, 0.1) is 0 Å². The van der Waals surface area contributed by atoms with Crippen molar-refractivity contribution in [3.8, 4) is 5.75 Å². The van der Waals surface area contributed by atoms with Crippen molar-refractivity contribution in [2.75, 3.05) is 20.3 Å². The number of hydrogen-bond acceptors (Lipinski definition) is 6. The van der Waals surface area contributed by atoms with Crippen molar-refractivity contribution >= 4 is 19.4 Å². The largest absolute Gasteiger partial charge is 0.497 e. The van der Waals surface area contributed by atoms with E-state index >= 15 is 0 Å². The summed E-state index contributed by atoms with van der Waals surface area (Å²) in [4.78, 5) is 25.9. The minimum absolute atomic E-state index is 0.121. The molecule has 8 heteroatoms. The van der Waals surface area contributed by atoms with E-state index in [1.54, 1.807) is 45.2 Å². The van der Waals surface area contributed by atoms with Crippen LogP contribution in [0.4, 0.5) is 0 Å². The molecule has 132 valence electrons. The molecule has 2 amide bonds. The second-order valence-corrected chi connectivity index (χ2v) is 7.48. The molecule has 1 aliphatic heterocycles. The van der Waals surface area contributed by atoms with Gasteiger partial charge >= 0.3 is 7.60 Å². The van der Waals surface area contributed by atoms with Gasteiger partial charge in [0.15, 0.2) is 0 Å². The van der Waals surface area contributed by atoms with Gasteiger partial charge in [-0.25, -0.2) is 0 Å². The molecule has 0 aromatic heterocycles. The Kier molecular flexibility index (Phi) is 6.15. The summed E-state index contributed by atoms with van der Waals surface area (Å²) in [6.45, 7) is 3.75. The standard InChI is InChI=1S/C16H22NO6P/c1-4-22-24(20,23-5-2)14-10-15(18)17(16(14)19)11-12-6-8-13(21-3)9-7-12/h6-9,14H,4-5,10-11H2,1-3H3. The van der Waals surface area contributed by atoms with Crippen LogP contribution in [0.25, 0.3) is 0 Å². The summed E-state index contributed by atoms with van der Waals surface area (Å²) in [5, 5.41) is 0. The van der Waals surface area contributed by atoms with E-state index in [-0.39, 0.29) is 32.1 Å². The van der Waals surface area contributed by atoms with Crippen LogP contribution in [0.15, 0.2) is 24.3 Å². The number of ether oxygens (including phenoxy) is 1. The molecule has 1 heterocycles. The first-order valence-corrected chi connectivity index (χ1v) is 9.42. The van der Waals surface area contributed by atoms with E-state index in [9.17, 15) is 14.2 Å². The van der Waals surface area contributed by atoms with E-state index in [1.807, 2.05) is 0 Å². The van der Waals surface area contributed by atoms with Crippen LogP contribution in [0.2, 0.25) is 0 Å². The SMILES string of the molecule is CCOP(=O)(OCC)C1CC(=O)N(Cc2ccc(OC)cc2)C1=O. The van der Waals surface area contributed by atoms with Crippen molar-refractivity contribution < 1.29 is 27.9 Å². The average Bonchev–Trinajstić information content (AvgIpc) is 2.85. The van der Waals surface area contributed by atoms with Crippen molar-refractivity contribution in [2.24, 2.45) is 0 Å². The van der Waals surface area contributed by atoms with Gasteiger partial charge in [-0.3, -0.25) is 19.1 Å². The molecule has 7 nitrogen and oxygen atoms in total. The van der Waals surface area contributed by atoms with Crippen molar-refractivity contribution in [2.45, 2.75) is 32.5 Å². The fourth-order valence-electron chi connectivity index (χ4n) is 2.57. The molecule has 0 N–H and O–H groups in total. The number of imide groups is 1. The maximum Gasteiger partial charge on any atom is 0.343 e. The first-order valence-electron chi connectivity index (χ1n) is 7.81. The summed E-state index contributed by atoms with van der Waals surface area (Å²) in [5.74, 6) is -0.200. The second kappa shape index (κ2) is 7.92. The van der Waals surface area contributed by atoms with Crippen LogP contribution in [0.5, 0.6) is 5.75 Å². The molecule has 0 radical (unpaired) electrons. The molecule has 0 bridgehead atoms. The van der Waals surface area contributed by atoms with E-state index in [0.717, 1.165) is 10.5 Å². The molecule has 0 aliphatic carbocycles. The molecular formula is C16H22NO6P. The van der Waals surface area contributed by atoms with E-state index in [0.29, 0.717) is 5.75 Å². The number of methoxy groups -OCH3 is 1. The first kappa shape index (κ1) is 18.6. The summed E-state index contributed by atoms with van der Waals surface area (Å²) in [6.07, 6.45) is -0.160. The highest BCUT2D eigenvalue weighted by Gasteiger charge is 2.50. The number of carbonyl (C=O) groups is 2. The van der Waals surface area contributed by atoms with Crippen LogP contribution in [-0.2, 0) is 29.7 Å². The van der Waals surface area contributed by atoms with E-state index in [2.05, 4.69) is 0 Å². The van der Waals surface area contributed by atoms with E-state index < -0.39 is 19.2 Å². The quantitative estimate of drug-likeness (QED) is 0.527.